The van der Waals surface area contributed by atoms with E-state index in [0.717, 1.165) is 23.9 Å². The van der Waals surface area contributed by atoms with E-state index in [2.05, 4.69) is 19.0 Å². The molecule has 19 heavy (non-hydrogen) atoms. The second-order valence-corrected chi connectivity index (χ2v) is 5.65. The van der Waals surface area contributed by atoms with Crippen LogP contribution in [0.1, 0.15) is 0 Å². The standard InChI is InChI=1S/C11H13N5OS2/c17-11(13-10-2-1-7-18-10)16-5-3-15(4-6-16)9-8-12-19-14-9/h1-2,7-8H,3-6H2,(H,13,17). The zero-order valence-electron chi connectivity index (χ0n) is 10.2. The number of hydrogen-bond donors (Lipinski definition) is 1. The maximum absolute atomic E-state index is 12.0. The Morgan fingerprint density at radius 2 is 2.16 bits per heavy atom. The van der Waals surface area contributed by atoms with Crippen LogP contribution in [0.3, 0.4) is 0 Å². The summed E-state index contributed by atoms with van der Waals surface area (Å²) in [5, 5.41) is 5.73. The number of nitrogens with one attached hydrogen (secondary N) is 1. The van der Waals surface area contributed by atoms with Crippen LogP contribution in [-0.2, 0) is 0 Å². The molecule has 6 nitrogen and oxygen atoms in total. The van der Waals surface area contributed by atoms with Gasteiger partial charge >= 0.3 is 6.03 Å². The third-order valence-corrected chi connectivity index (χ3v) is 4.25. The molecule has 1 aliphatic rings. The van der Waals surface area contributed by atoms with Crippen LogP contribution in [-0.4, -0.2) is 45.9 Å². The molecule has 0 bridgehead atoms. The van der Waals surface area contributed by atoms with Gasteiger partial charge in [0.05, 0.1) is 22.9 Å². The van der Waals surface area contributed by atoms with Crippen LogP contribution < -0.4 is 10.2 Å². The first-order chi connectivity index (χ1) is 9.33. The zero-order valence-corrected chi connectivity index (χ0v) is 11.8. The molecule has 1 saturated heterocycles. The summed E-state index contributed by atoms with van der Waals surface area (Å²) in [6.07, 6.45) is 1.77. The molecule has 0 unspecified atom stereocenters. The summed E-state index contributed by atoms with van der Waals surface area (Å²) in [6.45, 7) is 3.00. The molecule has 8 heteroatoms. The summed E-state index contributed by atoms with van der Waals surface area (Å²) < 4.78 is 8.21. The zero-order chi connectivity index (χ0) is 13.1. The van der Waals surface area contributed by atoms with Crippen LogP contribution in [0, 0.1) is 0 Å². The van der Waals surface area contributed by atoms with Crippen molar-refractivity contribution in [2.75, 3.05) is 36.4 Å². The predicted molar refractivity (Wildman–Crippen MR) is 77.0 cm³/mol. The Kier molecular flexibility index (Phi) is 3.60. The number of rotatable bonds is 2. The van der Waals surface area contributed by atoms with Gasteiger partial charge in [0, 0.05) is 26.2 Å². The highest BCUT2D eigenvalue weighted by atomic mass is 32.1. The van der Waals surface area contributed by atoms with Gasteiger partial charge in [-0.3, -0.25) is 5.32 Å². The van der Waals surface area contributed by atoms with Gasteiger partial charge in [-0.05, 0) is 17.5 Å². The number of nitrogens with zero attached hydrogens (tertiary/aromatic N) is 4. The van der Waals surface area contributed by atoms with Crippen molar-refractivity contribution in [3.05, 3.63) is 23.7 Å². The average Bonchev–Trinajstić information content (AvgIpc) is 3.12. The smallest absolute Gasteiger partial charge is 0.322 e. The maximum atomic E-state index is 12.0. The molecule has 1 N–H and O–H groups in total. The number of amides is 2. The van der Waals surface area contributed by atoms with Gasteiger partial charge in [-0.2, -0.15) is 8.75 Å². The number of urea groups is 1. The van der Waals surface area contributed by atoms with Crippen molar-refractivity contribution < 1.29 is 4.79 Å². The van der Waals surface area contributed by atoms with E-state index < -0.39 is 0 Å². The van der Waals surface area contributed by atoms with Gasteiger partial charge < -0.3 is 9.80 Å². The minimum atomic E-state index is -0.0292. The summed E-state index contributed by atoms with van der Waals surface area (Å²) in [4.78, 5) is 16.0. The van der Waals surface area contributed by atoms with Crippen LogP contribution in [0.15, 0.2) is 23.7 Å². The Morgan fingerprint density at radius 1 is 1.32 bits per heavy atom. The molecule has 0 saturated carbocycles. The van der Waals surface area contributed by atoms with E-state index in [4.69, 9.17) is 0 Å². The monoisotopic (exact) mass is 295 g/mol. The van der Waals surface area contributed by atoms with Crippen LogP contribution in [0.2, 0.25) is 0 Å². The molecule has 2 aromatic heterocycles. The van der Waals surface area contributed by atoms with Crippen LogP contribution in [0.4, 0.5) is 15.6 Å². The molecule has 100 valence electrons. The average molecular weight is 295 g/mol. The molecule has 1 aliphatic heterocycles. The Hall–Kier alpha value is -1.67. The van der Waals surface area contributed by atoms with Crippen molar-refractivity contribution >= 4 is 39.9 Å². The van der Waals surface area contributed by atoms with Crippen molar-refractivity contribution in [3.63, 3.8) is 0 Å². The number of carbonyl (C=O) groups is 1. The lowest BCUT2D eigenvalue weighted by atomic mass is 10.3. The fourth-order valence-electron chi connectivity index (χ4n) is 1.97. The van der Waals surface area contributed by atoms with E-state index in [0.29, 0.717) is 13.1 Å². The third kappa shape index (κ3) is 2.85. The summed E-state index contributed by atoms with van der Waals surface area (Å²) in [7, 11) is 0. The Balaban J connectivity index is 1.54. The predicted octanol–water partition coefficient (Wildman–Crippen LogP) is 1.95. The van der Waals surface area contributed by atoms with Crippen LogP contribution in [0.25, 0.3) is 0 Å². The molecule has 3 heterocycles. The summed E-state index contributed by atoms with van der Waals surface area (Å²) >= 11 is 2.74. The van der Waals surface area contributed by atoms with Gasteiger partial charge in [0.15, 0.2) is 5.82 Å². The number of aromatic nitrogens is 2. The largest absolute Gasteiger partial charge is 0.351 e. The van der Waals surface area contributed by atoms with Crippen LogP contribution in [0.5, 0.6) is 0 Å². The van der Waals surface area contributed by atoms with Crippen molar-refractivity contribution in [3.8, 4) is 0 Å². The molecular weight excluding hydrogens is 282 g/mol. The van der Waals surface area contributed by atoms with Crippen LogP contribution >= 0.6 is 23.1 Å². The minimum Gasteiger partial charge on any atom is -0.351 e. The Labute approximate surface area is 119 Å². The first-order valence-electron chi connectivity index (χ1n) is 5.95. The highest BCUT2D eigenvalue weighted by Gasteiger charge is 2.22. The molecule has 0 aliphatic carbocycles. The van der Waals surface area contributed by atoms with Crippen molar-refractivity contribution in [2.24, 2.45) is 0 Å². The number of anilines is 2. The number of hydrogen-bond acceptors (Lipinski definition) is 6. The molecule has 0 radical (unpaired) electrons. The van der Waals surface area contributed by atoms with Crippen molar-refractivity contribution in [2.45, 2.75) is 0 Å². The molecular formula is C11H13N5OS2. The molecule has 2 amide bonds. The lowest BCUT2D eigenvalue weighted by Gasteiger charge is -2.34. The normalized spacial score (nSPS) is 15.6. The van der Waals surface area contributed by atoms with E-state index in [1.165, 1.54) is 23.1 Å². The van der Waals surface area contributed by atoms with Gasteiger partial charge in [0.2, 0.25) is 0 Å². The lowest BCUT2D eigenvalue weighted by molar-refractivity contribution is 0.208. The number of thiophene rings is 1. The highest BCUT2D eigenvalue weighted by molar-refractivity contribution is 7.14. The molecule has 1 fully saturated rings. The summed E-state index contributed by atoms with van der Waals surface area (Å²) in [6, 6.07) is 3.80. The van der Waals surface area contributed by atoms with E-state index in [1.807, 2.05) is 22.4 Å². The maximum Gasteiger partial charge on any atom is 0.322 e. The van der Waals surface area contributed by atoms with Crippen molar-refractivity contribution in [1.82, 2.24) is 13.6 Å². The van der Waals surface area contributed by atoms with E-state index in [1.54, 1.807) is 6.20 Å². The minimum absolute atomic E-state index is 0.0292. The third-order valence-electron chi connectivity index (χ3n) is 2.99. The van der Waals surface area contributed by atoms with Gasteiger partial charge in [-0.15, -0.1) is 11.3 Å². The van der Waals surface area contributed by atoms with Crippen molar-refractivity contribution in [1.29, 1.82) is 0 Å². The van der Waals surface area contributed by atoms with Gasteiger partial charge in [0.1, 0.15) is 0 Å². The van der Waals surface area contributed by atoms with Gasteiger partial charge in [-0.1, -0.05) is 0 Å². The molecule has 0 atom stereocenters. The molecule has 3 rings (SSSR count). The first-order valence-corrected chi connectivity index (χ1v) is 7.56. The molecule has 0 aromatic carbocycles. The second-order valence-electron chi connectivity index (χ2n) is 4.15. The quantitative estimate of drug-likeness (QED) is 0.920. The summed E-state index contributed by atoms with van der Waals surface area (Å²) in [5.74, 6) is 0.906. The van der Waals surface area contributed by atoms with E-state index in [9.17, 15) is 4.79 Å². The Morgan fingerprint density at radius 3 is 2.79 bits per heavy atom. The molecule has 2 aromatic rings. The second kappa shape index (κ2) is 5.54. The first kappa shape index (κ1) is 12.4. The fraction of sp³-hybridized carbons (Fsp3) is 0.364. The van der Waals surface area contributed by atoms with Gasteiger partial charge in [0.25, 0.3) is 0 Å². The van der Waals surface area contributed by atoms with Gasteiger partial charge in [-0.25, -0.2) is 4.79 Å². The number of piperazine rings is 1. The van der Waals surface area contributed by atoms with E-state index >= 15 is 0 Å². The van der Waals surface area contributed by atoms with E-state index in [-0.39, 0.29) is 6.03 Å². The lowest BCUT2D eigenvalue weighted by Crippen LogP contribution is -2.50. The number of carbonyl (C=O) groups excluding carboxylic acids is 1. The summed E-state index contributed by atoms with van der Waals surface area (Å²) in [5.41, 5.74) is 0. The highest BCUT2D eigenvalue weighted by Crippen LogP contribution is 2.17. The Bertz CT molecular complexity index is 519. The fourth-order valence-corrected chi connectivity index (χ4v) is 3.01. The molecule has 0 spiro atoms. The SMILES string of the molecule is O=C(Nc1cccs1)N1CCN(c2cnsn2)CC1. The topological polar surface area (TPSA) is 61.4 Å².